The SMILES string of the molecule is COc1ccc(S(=O)(=O)N[C@@]2(C(F)(F)F)NC(=O)N(CCc3ccc(OC)c(OC)c3)C2=O)cc1. The van der Waals surface area contributed by atoms with Gasteiger partial charge in [0.2, 0.25) is 10.0 Å². The number of ether oxygens (including phenoxy) is 3. The van der Waals surface area contributed by atoms with Crippen LogP contribution in [0.4, 0.5) is 18.0 Å². The van der Waals surface area contributed by atoms with E-state index in [2.05, 4.69) is 0 Å². The number of carbonyl (C=O) groups excluding carboxylic acids is 2. The fourth-order valence-electron chi connectivity index (χ4n) is 3.39. The van der Waals surface area contributed by atoms with Crippen LogP contribution in [0.15, 0.2) is 47.4 Å². The molecule has 35 heavy (non-hydrogen) atoms. The second-order valence-corrected chi connectivity index (χ2v) is 9.04. The number of urea groups is 1. The maximum Gasteiger partial charge on any atom is 0.435 e. The van der Waals surface area contributed by atoms with Crippen molar-refractivity contribution in [3.05, 3.63) is 48.0 Å². The van der Waals surface area contributed by atoms with E-state index in [-0.39, 0.29) is 12.2 Å². The number of sulfonamides is 1. The van der Waals surface area contributed by atoms with E-state index < -0.39 is 45.2 Å². The van der Waals surface area contributed by atoms with Crippen LogP contribution < -0.4 is 24.2 Å². The van der Waals surface area contributed by atoms with Crippen LogP contribution in [0, 0.1) is 0 Å². The Hall–Kier alpha value is -3.52. The molecule has 1 aliphatic rings. The van der Waals surface area contributed by atoms with Gasteiger partial charge in [-0.25, -0.2) is 13.2 Å². The molecule has 2 aromatic rings. The van der Waals surface area contributed by atoms with Gasteiger partial charge in [0.15, 0.2) is 11.5 Å². The fourth-order valence-corrected chi connectivity index (χ4v) is 4.66. The van der Waals surface area contributed by atoms with E-state index in [1.807, 2.05) is 0 Å². The van der Waals surface area contributed by atoms with Crippen molar-refractivity contribution in [2.24, 2.45) is 0 Å². The summed E-state index contributed by atoms with van der Waals surface area (Å²) in [5.41, 5.74) is -3.34. The number of hydrogen-bond acceptors (Lipinski definition) is 7. The van der Waals surface area contributed by atoms with Gasteiger partial charge < -0.3 is 19.5 Å². The van der Waals surface area contributed by atoms with Crippen molar-refractivity contribution in [1.82, 2.24) is 14.9 Å². The molecular weight excluding hydrogens is 495 g/mol. The fraction of sp³-hybridized carbons (Fsp3) is 0.333. The van der Waals surface area contributed by atoms with Gasteiger partial charge in [-0.15, -0.1) is 0 Å². The van der Waals surface area contributed by atoms with Crippen LogP contribution in [0.5, 0.6) is 17.2 Å². The zero-order chi connectivity index (χ0) is 26.0. The number of nitrogens with zero attached hydrogens (tertiary/aromatic N) is 1. The van der Waals surface area contributed by atoms with Crippen LogP contribution >= 0.6 is 0 Å². The number of imide groups is 1. The molecule has 0 spiro atoms. The molecule has 0 radical (unpaired) electrons. The lowest BCUT2D eigenvalue weighted by Gasteiger charge is -2.29. The molecule has 1 heterocycles. The standard InChI is InChI=1S/C21H22F3N3O7S/c1-32-14-5-7-15(8-6-14)35(30,31)26-20(21(22,23)24)18(28)27(19(29)25-20)11-10-13-4-9-16(33-2)17(12-13)34-3/h4-9,12,26H,10-11H2,1-3H3,(H,25,29)/t20-/m0/s1. The first-order chi connectivity index (χ1) is 16.4. The molecule has 2 aromatic carbocycles. The van der Waals surface area contributed by atoms with Gasteiger partial charge in [-0.05, 0) is 48.4 Å². The molecule has 1 aliphatic heterocycles. The van der Waals surface area contributed by atoms with Gasteiger partial charge in [0.25, 0.3) is 11.6 Å². The lowest BCUT2D eigenvalue weighted by molar-refractivity contribution is -0.198. The van der Waals surface area contributed by atoms with E-state index >= 15 is 0 Å². The van der Waals surface area contributed by atoms with E-state index in [0.29, 0.717) is 22.0 Å². The van der Waals surface area contributed by atoms with Gasteiger partial charge >= 0.3 is 12.2 Å². The summed E-state index contributed by atoms with van der Waals surface area (Å²) >= 11 is 0. The third-order valence-corrected chi connectivity index (χ3v) is 6.73. The maximum atomic E-state index is 14.1. The summed E-state index contributed by atoms with van der Waals surface area (Å²) in [6.45, 7) is -0.456. The van der Waals surface area contributed by atoms with E-state index in [1.165, 1.54) is 43.5 Å². The average molecular weight is 517 g/mol. The Kier molecular flexibility index (Phi) is 7.17. The molecule has 0 bridgehead atoms. The molecule has 1 fully saturated rings. The summed E-state index contributed by atoms with van der Waals surface area (Å²) in [5.74, 6) is -0.775. The molecular formula is C21H22F3N3O7S. The van der Waals surface area contributed by atoms with Gasteiger partial charge in [0, 0.05) is 6.54 Å². The number of halogens is 3. The van der Waals surface area contributed by atoms with E-state index in [9.17, 15) is 31.2 Å². The smallest absolute Gasteiger partial charge is 0.435 e. The quantitative estimate of drug-likeness (QED) is 0.488. The van der Waals surface area contributed by atoms with Crippen molar-refractivity contribution >= 4 is 22.0 Å². The number of methoxy groups -OCH3 is 3. The maximum absolute atomic E-state index is 14.1. The largest absolute Gasteiger partial charge is 0.497 e. The first-order valence-corrected chi connectivity index (χ1v) is 11.5. The van der Waals surface area contributed by atoms with E-state index in [4.69, 9.17) is 14.2 Å². The Balaban J connectivity index is 1.87. The molecule has 14 heteroatoms. The average Bonchev–Trinajstić information content (AvgIpc) is 3.06. The van der Waals surface area contributed by atoms with Crippen molar-refractivity contribution in [2.75, 3.05) is 27.9 Å². The van der Waals surface area contributed by atoms with Crippen LogP contribution in [-0.2, 0) is 21.2 Å². The van der Waals surface area contributed by atoms with Crippen LogP contribution in [0.2, 0.25) is 0 Å². The monoisotopic (exact) mass is 517 g/mol. The minimum absolute atomic E-state index is 0.0291. The number of rotatable bonds is 9. The molecule has 2 N–H and O–H groups in total. The Morgan fingerprint density at radius 2 is 1.60 bits per heavy atom. The number of nitrogens with one attached hydrogen (secondary N) is 2. The molecule has 190 valence electrons. The van der Waals surface area contributed by atoms with Crippen molar-refractivity contribution in [1.29, 1.82) is 0 Å². The Morgan fingerprint density at radius 1 is 0.971 bits per heavy atom. The molecule has 3 rings (SSSR count). The highest BCUT2D eigenvalue weighted by molar-refractivity contribution is 7.89. The van der Waals surface area contributed by atoms with Gasteiger partial charge in [-0.2, -0.15) is 17.9 Å². The molecule has 1 atom stereocenters. The summed E-state index contributed by atoms with van der Waals surface area (Å²) < 4.78 is 84.2. The summed E-state index contributed by atoms with van der Waals surface area (Å²) in [6.07, 6.45) is -5.52. The van der Waals surface area contributed by atoms with E-state index in [1.54, 1.807) is 18.2 Å². The number of alkyl halides is 3. The van der Waals surface area contributed by atoms with Gasteiger partial charge in [-0.3, -0.25) is 9.69 Å². The Labute approximate surface area is 199 Å². The summed E-state index contributed by atoms with van der Waals surface area (Å²) in [5, 5.41) is 1.49. The summed E-state index contributed by atoms with van der Waals surface area (Å²) in [4.78, 5) is 25.0. The van der Waals surface area contributed by atoms with Gasteiger partial charge in [-0.1, -0.05) is 6.07 Å². The second-order valence-electron chi connectivity index (χ2n) is 7.36. The topological polar surface area (TPSA) is 123 Å². The zero-order valence-corrected chi connectivity index (χ0v) is 19.6. The molecule has 0 aromatic heterocycles. The lowest BCUT2D eigenvalue weighted by Crippen LogP contribution is -2.69. The zero-order valence-electron chi connectivity index (χ0n) is 18.8. The molecule has 3 amide bonds. The first-order valence-electron chi connectivity index (χ1n) is 9.98. The highest BCUT2D eigenvalue weighted by Crippen LogP contribution is 2.35. The number of hydrogen-bond donors (Lipinski definition) is 2. The number of carbonyl (C=O) groups is 2. The summed E-state index contributed by atoms with van der Waals surface area (Å²) in [7, 11) is -0.749. The van der Waals surface area contributed by atoms with E-state index in [0.717, 1.165) is 12.1 Å². The van der Waals surface area contributed by atoms with Crippen molar-refractivity contribution in [3.63, 3.8) is 0 Å². The minimum atomic E-state index is -5.49. The summed E-state index contributed by atoms with van der Waals surface area (Å²) in [6, 6.07) is 7.74. The van der Waals surface area contributed by atoms with Crippen LogP contribution in [-0.4, -0.2) is 65.0 Å². The molecule has 10 nitrogen and oxygen atoms in total. The van der Waals surface area contributed by atoms with Gasteiger partial charge in [0.1, 0.15) is 5.75 Å². The normalized spacial score (nSPS) is 18.4. The van der Waals surface area contributed by atoms with Crippen LogP contribution in [0.25, 0.3) is 0 Å². The van der Waals surface area contributed by atoms with Crippen LogP contribution in [0.1, 0.15) is 5.56 Å². The lowest BCUT2D eigenvalue weighted by atomic mass is 10.1. The number of amides is 3. The highest BCUT2D eigenvalue weighted by atomic mass is 32.2. The third-order valence-electron chi connectivity index (χ3n) is 5.26. The van der Waals surface area contributed by atoms with Crippen LogP contribution in [0.3, 0.4) is 0 Å². The molecule has 0 unspecified atom stereocenters. The molecule has 0 saturated carbocycles. The number of benzene rings is 2. The molecule has 0 aliphatic carbocycles. The predicted octanol–water partition coefficient (Wildman–Crippen LogP) is 2.04. The Bertz CT molecular complexity index is 1220. The minimum Gasteiger partial charge on any atom is -0.497 e. The Morgan fingerprint density at radius 3 is 2.14 bits per heavy atom. The molecule has 1 saturated heterocycles. The highest BCUT2D eigenvalue weighted by Gasteiger charge is 2.69. The first kappa shape index (κ1) is 26.1. The van der Waals surface area contributed by atoms with Gasteiger partial charge in [0.05, 0.1) is 26.2 Å². The second kappa shape index (κ2) is 9.62. The predicted molar refractivity (Wildman–Crippen MR) is 116 cm³/mol. The van der Waals surface area contributed by atoms with Crippen molar-refractivity contribution in [3.8, 4) is 17.2 Å². The van der Waals surface area contributed by atoms with Crippen molar-refractivity contribution < 1.29 is 45.4 Å². The van der Waals surface area contributed by atoms with Crippen molar-refractivity contribution in [2.45, 2.75) is 23.2 Å². The third kappa shape index (κ3) is 4.98.